The largest absolute Gasteiger partial charge is 0.371 e. The van der Waals surface area contributed by atoms with Crippen LogP contribution in [0.5, 0.6) is 0 Å². The summed E-state index contributed by atoms with van der Waals surface area (Å²) < 4.78 is 6.04. The number of aromatic amines is 1. The molecule has 0 radical (unpaired) electrons. The number of aromatic nitrogens is 2. The van der Waals surface area contributed by atoms with E-state index in [1.165, 1.54) is 12.5 Å². The van der Waals surface area contributed by atoms with E-state index in [-0.39, 0.29) is 22.8 Å². The molecule has 6 nitrogen and oxygen atoms in total. The molecular formula is C17H23N3O3. The molecule has 0 aromatic carbocycles. The van der Waals surface area contributed by atoms with Crippen LogP contribution < -0.4 is 5.56 Å². The highest BCUT2D eigenvalue weighted by Gasteiger charge is 2.39. The summed E-state index contributed by atoms with van der Waals surface area (Å²) in [4.78, 5) is 33.7. The van der Waals surface area contributed by atoms with Gasteiger partial charge in [-0.2, -0.15) is 0 Å². The van der Waals surface area contributed by atoms with Crippen molar-refractivity contribution >= 4 is 5.91 Å². The molecule has 2 saturated carbocycles. The fourth-order valence-corrected chi connectivity index (χ4v) is 3.81. The molecule has 23 heavy (non-hydrogen) atoms. The lowest BCUT2D eigenvalue weighted by atomic mass is 9.83. The first-order valence-electron chi connectivity index (χ1n) is 8.70. The Morgan fingerprint density at radius 2 is 2.09 bits per heavy atom. The normalized spacial score (nSPS) is 23.9. The van der Waals surface area contributed by atoms with Gasteiger partial charge in [0.1, 0.15) is 11.5 Å². The zero-order valence-electron chi connectivity index (χ0n) is 13.3. The van der Waals surface area contributed by atoms with Crippen LogP contribution in [0.15, 0.2) is 10.9 Å². The zero-order valence-corrected chi connectivity index (χ0v) is 13.3. The fraction of sp³-hybridized carbons (Fsp3) is 0.706. The standard InChI is InChI=1S/C17H23N3O3/c21-14-10-13(18-15(19-14)12-4-5-12)16(22)20-8-9-23-17(11-20)6-2-1-3-7-17/h10,12H,1-9,11H2,(H,18,19,21). The van der Waals surface area contributed by atoms with Gasteiger partial charge >= 0.3 is 0 Å². The summed E-state index contributed by atoms with van der Waals surface area (Å²) in [5.41, 5.74) is -0.124. The highest BCUT2D eigenvalue weighted by Crippen LogP contribution is 2.38. The molecule has 1 aromatic rings. The Morgan fingerprint density at radius 1 is 1.30 bits per heavy atom. The molecule has 124 valence electrons. The van der Waals surface area contributed by atoms with Gasteiger partial charge in [0.2, 0.25) is 0 Å². The molecule has 1 aliphatic heterocycles. The van der Waals surface area contributed by atoms with Gasteiger partial charge in [0, 0.05) is 18.5 Å². The summed E-state index contributed by atoms with van der Waals surface area (Å²) >= 11 is 0. The number of nitrogens with one attached hydrogen (secondary N) is 1. The Balaban J connectivity index is 1.55. The Labute approximate surface area is 135 Å². The van der Waals surface area contributed by atoms with Crippen LogP contribution in [0.1, 0.15) is 67.2 Å². The van der Waals surface area contributed by atoms with Crippen LogP contribution in [0, 0.1) is 0 Å². The molecule has 2 heterocycles. The number of hydrogen-bond donors (Lipinski definition) is 1. The molecule has 0 bridgehead atoms. The van der Waals surface area contributed by atoms with Gasteiger partial charge < -0.3 is 14.6 Å². The van der Waals surface area contributed by atoms with E-state index in [1.807, 2.05) is 4.90 Å². The van der Waals surface area contributed by atoms with Crippen LogP contribution >= 0.6 is 0 Å². The van der Waals surface area contributed by atoms with Crippen molar-refractivity contribution < 1.29 is 9.53 Å². The van der Waals surface area contributed by atoms with Crippen LogP contribution in [0.2, 0.25) is 0 Å². The molecule has 1 amide bonds. The van der Waals surface area contributed by atoms with Crippen molar-refractivity contribution in [3.63, 3.8) is 0 Å². The van der Waals surface area contributed by atoms with E-state index in [0.717, 1.165) is 38.5 Å². The second kappa shape index (κ2) is 5.74. The van der Waals surface area contributed by atoms with E-state index in [2.05, 4.69) is 9.97 Å². The number of carbonyl (C=O) groups excluding carboxylic acids is 1. The van der Waals surface area contributed by atoms with Crippen LogP contribution in [-0.4, -0.2) is 46.1 Å². The minimum absolute atomic E-state index is 0.133. The van der Waals surface area contributed by atoms with Crippen molar-refractivity contribution in [3.05, 3.63) is 27.9 Å². The third-order valence-electron chi connectivity index (χ3n) is 5.24. The average molecular weight is 317 g/mol. The van der Waals surface area contributed by atoms with E-state index < -0.39 is 0 Å². The van der Waals surface area contributed by atoms with Crippen molar-refractivity contribution in [3.8, 4) is 0 Å². The SMILES string of the molecule is O=C(c1cc(=O)[nH]c(C2CC2)n1)N1CCOC2(CCCCC2)C1. The molecule has 1 N–H and O–H groups in total. The van der Waals surface area contributed by atoms with Crippen molar-refractivity contribution in [2.75, 3.05) is 19.7 Å². The Kier molecular flexibility index (Phi) is 3.71. The minimum atomic E-state index is -0.231. The van der Waals surface area contributed by atoms with Gasteiger partial charge in [-0.3, -0.25) is 9.59 Å². The molecule has 1 aromatic heterocycles. The quantitative estimate of drug-likeness (QED) is 0.903. The molecule has 2 aliphatic carbocycles. The number of H-pyrrole nitrogens is 1. The first-order chi connectivity index (χ1) is 11.2. The van der Waals surface area contributed by atoms with Crippen LogP contribution in [0.3, 0.4) is 0 Å². The predicted molar refractivity (Wildman–Crippen MR) is 84.5 cm³/mol. The number of amides is 1. The number of morpholine rings is 1. The zero-order chi connectivity index (χ0) is 15.9. The smallest absolute Gasteiger partial charge is 0.272 e. The number of ether oxygens (including phenoxy) is 1. The monoisotopic (exact) mass is 317 g/mol. The van der Waals surface area contributed by atoms with Gasteiger partial charge in [0.25, 0.3) is 11.5 Å². The summed E-state index contributed by atoms with van der Waals surface area (Å²) in [6.07, 6.45) is 7.70. The molecule has 3 aliphatic rings. The molecule has 0 unspecified atom stereocenters. The molecule has 1 spiro atoms. The van der Waals surface area contributed by atoms with Crippen molar-refractivity contribution in [1.29, 1.82) is 0 Å². The molecule has 0 atom stereocenters. The molecular weight excluding hydrogens is 294 g/mol. The average Bonchev–Trinajstić information content (AvgIpc) is 3.39. The lowest BCUT2D eigenvalue weighted by Gasteiger charge is -2.44. The second-order valence-electron chi connectivity index (χ2n) is 7.11. The number of carbonyl (C=O) groups is 1. The lowest BCUT2D eigenvalue weighted by molar-refractivity contribution is -0.118. The van der Waals surface area contributed by atoms with Crippen molar-refractivity contribution in [2.45, 2.75) is 56.5 Å². The first-order valence-corrected chi connectivity index (χ1v) is 8.70. The molecule has 4 rings (SSSR count). The topological polar surface area (TPSA) is 75.3 Å². The van der Waals surface area contributed by atoms with Gasteiger partial charge in [-0.05, 0) is 25.7 Å². The molecule has 1 saturated heterocycles. The highest BCUT2D eigenvalue weighted by atomic mass is 16.5. The summed E-state index contributed by atoms with van der Waals surface area (Å²) in [6, 6.07) is 1.33. The van der Waals surface area contributed by atoms with Gasteiger partial charge in [-0.15, -0.1) is 0 Å². The maximum Gasteiger partial charge on any atom is 0.272 e. The second-order valence-corrected chi connectivity index (χ2v) is 7.11. The van der Waals surface area contributed by atoms with E-state index in [4.69, 9.17) is 4.74 Å². The van der Waals surface area contributed by atoms with Gasteiger partial charge in [0.05, 0.1) is 18.8 Å². The van der Waals surface area contributed by atoms with Crippen LogP contribution in [0.4, 0.5) is 0 Å². The molecule has 6 heteroatoms. The number of hydrogen-bond acceptors (Lipinski definition) is 4. The van der Waals surface area contributed by atoms with E-state index in [9.17, 15) is 9.59 Å². The third-order valence-corrected chi connectivity index (χ3v) is 5.24. The Bertz CT molecular complexity index is 654. The van der Waals surface area contributed by atoms with E-state index in [0.29, 0.717) is 31.4 Å². The molecule has 3 fully saturated rings. The summed E-state index contributed by atoms with van der Waals surface area (Å²) in [5.74, 6) is 0.859. The number of rotatable bonds is 2. The van der Waals surface area contributed by atoms with Crippen LogP contribution in [-0.2, 0) is 4.74 Å². The predicted octanol–water partition coefficient (Wildman–Crippen LogP) is 1.82. The van der Waals surface area contributed by atoms with Crippen LogP contribution in [0.25, 0.3) is 0 Å². The van der Waals surface area contributed by atoms with Gasteiger partial charge in [-0.25, -0.2) is 4.98 Å². The maximum absolute atomic E-state index is 12.8. The summed E-state index contributed by atoms with van der Waals surface area (Å²) in [6.45, 7) is 1.78. The van der Waals surface area contributed by atoms with Gasteiger partial charge in [0.15, 0.2) is 0 Å². The summed E-state index contributed by atoms with van der Waals surface area (Å²) in [5, 5.41) is 0. The maximum atomic E-state index is 12.8. The Morgan fingerprint density at radius 3 is 2.83 bits per heavy atom. The van der Waals surface area contributed by atoms with Gasteiger partial charge in [-0.1, -0.05) is 19.3 Å². The van der Waals surface area contributed by atoms with Crippen molar-refractivity contribution in [2.24, 2.45) is 0 Å². The summed E-state index contributed by atoms with van der Waals surface area (Å²) in [7, 11) is 0. The minimum Gasteiger partial charge on any atom is -0.371 e. The Hall–Kier alpha value is -1.69. The number of nitrogens with zero attached hydrogens (tertiary/aromatic N) is 2. The highest BCUT2D eigenvalue weighted by molar-refractivity contribution is 5.92. The lowest BCUT2D eigenvalue weighted by Crippen LogP contribution is -2.54. The van der Waals surface area contributed by atoms with E-state index in [1.54, 1.807) is 0 Å². The van der Waals surface area contributed by atoms with Crippen molar-refractivity contribution in [1.82, 2.24) is 14.9 Å². The fourth-order valence-electron chi connectivity index (χ4n) is 3.81. The third kappa shape index (κ3) is 3.04. The first kappa shape index (κ1) is 14.9. The van der Waals surface area contributed by atoms with E-state index >= 15 is 0 Å².